The van der Waals surface area contributed by atoms with Crippen LogP contribution in [0.2, 0.25) is 0 Å². The molecule has 1 unspecified atom stereocenters. The Bertz CT molecular complexity index is 776. The van der Waals surface area contributed by atoms with Gasteiger partial charge in [0, 0.05) is 32.1 Å². The van der Waals surface area contributed by atoms with Crippen molar-refractivity contribution in [2.45, 2.75) is 253 Å². The molecule has 1 N–H and O–H groups in total. The maximum atomic E-state index is 12.8. The number of nitrogens with zero attached hydrogens (tertiary/aromatic N) is 1. The summed E-state index contributed by atoms with van der Waals surface area (Å²) < 4.78 is 11.9. The monoisotopic (exact) mass is 765 g/mol. The predicted octanol–water partition coefficient (Wildman–Crippen LogP) is 13.9. The van der Waals surface area contributed by atoms with E-state index < -0.39 is 0 Å². The summed E-state index contributed by atoms with van der Waals surface area (Å²) in [6.07, 6.45) is 40.6. The Morgan fingerprint density at radius 2 is 0.870 bits per heavy atom. The summed E-state index contributed by atoms with van der Waals surface area (Å²) in [7, 11) is 0. The first-order valence-electron chi connectivity index (χ1n) is 24.2. The van der Waals surface area contributed by atoms with Gasteiger partial charge in [-0.2, -0.15) is 0 Å². The molecule has 0 radical (unpaired) electrons. The Labute approximate surface area is 338 Å². The molecule has 0 aliphatic heterocycles. The van der Waals surface area contributed by atoms with Crippen LogP contribution in [0.1, 0.15) is 247 Å². The highest BCUT2D eigenvalue weighted by atomic mass is 16.5. The number of rotatable bonds is 44. The van der Waals surface area contributed by atoms with Crippen molar-refractivity contribution in [2.75, 3.05) is 39.4 Å². The molecule has 6 nitrogen and oxygen atoms in total. The van der Waals surface area contributed by atoms with Crippen molar-refractivity contribution in [3.63, 3.8) is 0 Å². The molecule has 0 aromatic carbocycles. The van der Waals surface area contributed by atoms with Gasteiger partial charge in [-0.05, 0) is 83.8 Å². The van der Waals surface area contributed by atoms with Crippen LogP contribution in [-0.2, 0) is 19.1 Å². The number of unbranched alkanes of at least 4 members (excludes halogenated alkanes) is 24. The van der Waals surface area contributed by atoms with Gasteiger partial charge in [-0.25, -0.2) is 0 Å². The third kappa shape index (κ3) is 39.1. The SMILES string of the molecule is CCCCCCCCCOCCCCCCCCN(CCCCCCCC(=O)OC(CCCCCCC)CCCCCCCC)CCCNC(=O)C(C)C. The Hall–Kier alpha value is -1.14. The number of carbonyl (C=O) groups is 2. The summed E-state index contributed by atoms with van der Waals surface area (Å²) in [5, 5.41) is 3.10. The number of esters is 1. The minimum Gasteiger partial charge on any atom is -0.462 e. The van der Waals surface area contributed by atoms with Crippen molar-refractivity contribution in [3.8, 4) is 0 Å². The third-order valence-corrected chi connectivity index (χ3v) is 11.0. The highest BCUT2D eigenvalue weighted by molar-refractivity contribution is 5.77. The molecule has 1 atom stereocenters. The molecule has 0 fully saturated rings. The lowest BCUT2D eigenvalue weighted by molar-refractivity contribution is -0.150. The molecule has 6 heteroatoms. The fraction of sp³-hybridized carbons (Fsp3) is 0.958. The standard InChI is InChI=1S/C48H96N2O4/c1-6-9-12-15-18-26-33-43-53-44-34-27-19-17-24-31-40-50(42-35-39-49-48(52)45(4)5)41-32-25-20-23-30-38-47(51)54-46(36-28-21-14-11-8-3)37-29-22-16-13-10-7-2/h45-46H,6-44H2,1-5H3,(H,49,52). The van der Waals surface area contributed by atoms with Crippen LogP contribution < -0.4 is 5.32 Å². The van der Waals surface area contributed by atoms with E-state index in [9.17, 15) is 9.59 Å². The molecule has 0 aromatic rings. The summed E-state index contributed by atoms with van der Waals surface area (Å²) in [6.45, 7) is 16.7. The molecule has 0 heterocycles. The van der Waals surface area contributed by atoms with Crippen LogP contribution in [0.5, 0.6) is 0 Å². The second-order valence-electron chi connectivity index (χ2n) is 16.9. The molecular formula is C48H96N2O4. The van der Waals surface area contributed by atoms with Gasteiger partial charge in [0.15, 0.2) is 0 Å². The van der Waals surface area contributed by atoms with Gasteiger partial charge < -0.3 is 19.7 Å². The quantitative estimate of drug-likeness (QED) is 0.0494. The number of carbonyl (C=O) groups excluding carboxylic acids is 2. The minimum absolute atomic E-state index is 0.0300. The fourth-order valence-corrected chi connectivity index (χ4v) is 7.33. The Kier molecular flexibility index (Phi) is 42.1. The van der Waals surface area contributed by atoms with Gasteiger partial charge in [-0.3, -0.25) is 9.59 Å². The van der Waals surface area contributed by atoms with Crippen molar-refractivity contribution in [1.29, 1.82) is 0 Å². The van der Waals surface area contributed by atoms with Crippen LogP contribution in [0.25, 0.3) is 0 Å². The largest absolute Gasteiger partial charge is 0.462 e. The summed E-state index contributed by atoms with van der Waals surface area (Å²) in [5.41, 5.74) is 0. The topological polar surface area (TPSA) is 67.9 Å². The second kappa shape index (κ2) is 43.0. The predicted molar refractivity (Wildman–Crippen MR) is 234 cm³/mol. The molecule has 0 aliphatic carbocycles. The van der Waals surface area contributed by atoms with Crippen LogP contribution in [0, 0.1) is 5.92 Å². The maximum absolute atomic E-state index is 12.8. The van der Waals surface area contributed by atoms with Crippen molar-refractivity contribution in [2.24, 2.45) is 5.92 Å². The van der Waals surface area contributed by atoms with E-state index in [1.165, 1.54) is 173 Å². The van der Waals surface area contributed by atoms with Crippen molar-refractivity contribution < 1.29 is 19.1 Å². The van der Waals surface area contributed by atoms with Gasteiger partial charge in [0.25, 0.3) is 0 Å². The molecule has 54 heavy (non-hydrogen) atoms. The molecule has 1 amide bonds. The summed E-state index contributed by atoms with van der Waals surface area (Å²) in [5.74, 6) is 0.235. The van der Waals surface area contributed by atoms with E-state index in [0.717, 1.165) is 71.5 Å². The first-order chi connectivity index (χ1) is 26.4. The smallest absolute Gasteiger partial charge is 0.306 e. The highest BCUT2D eigenvalue weighted by Crippen LogP contribution is 2.18. The van der Waals surface area contributed by atoms with Crippen LogP contribution in [0.4, 0.5) is 0 Å². The zero-order chi connectivity index (χ0) is 39.6. The van der Waals surface area contributed by atoms with Gasteiger partial charge in [-0.15, -0.1) is 0 Å². The van der Waals surface area contributed by atoms with Crippen LogP contribution >= 0.6 is 0 Å². The summed E-state index contributed by atoms with van der Waals surface area (Å²) >= 11 is 0. The van der Waals surface area contributed by atoms with Gasteiger partial charge >= 0.3 is 5.97 Å². The molecule has 0 bridgehead atoms. The zero-order valence-electron chi connectivity index (χ0n) is 37.3. The fourth-order valence-electron chi connectivity index (χ4n) is 7.33. The molecule has 0 aliphatic rings. The van der Waals surface area contributed by atoms with E-state index in [1.54, 1.807) is 0 Å². The number of nitrogens with one attached hydrogen (secondary N) is 1. The average molecular weight is 765 g/mol. The molecule has 0 saturated heterocycles. The highest BCUT2D eigenvalue weighted by Gasteiger charge is 2.14. The van der Waals surface area contributed by atoms with Crippen LogP contribution in [0.3, 0.4) is 0 Å². The van der Waals surface area contributed by atoms with E-state index >= 15 is 0 Å². The Morgan fingerprint density at radius 3 is 1.33 bits per heavy atom. The molecule has 322 valence electrons. The van der Waals surface area contributed by atoms with Crippen molar-refractivity contribution in [3.05, 3.63) is 0 Å². The van der Waals surface area contributed by atoms with E-state index in [0.29, 0.717) is 6.42 Å². The number of hydrogen-bond acceptors (Lipinski definition) is 5. The normalized spacial score (nSPS) is 12.2. The first kappa shape index (κ1) is 52.9. The van der Waals surface area contributed by atoms with Gasteiger partial charge in [-0.1, -0.05) is 176 Å². The van der Waals surface area contributed by atoms with Crippen molar-refractivity contribution >= 4 is 11.9 Å². The van der Waals surface area contributed by atoms with Gasteiger partial charge in [0.2, 0.25) is 5.91 Å². The second-order valence-corrected chi connectivity index (χ2v) is 16.9. The Balaban J connectivity index is 4.25. The van der Waals surface area contributed by atoms with E-state index in [-0.39, 0.29) is 23.9 Å². The molecular weight excluding hydrogens is 669 g/mol. The van der Waals surface area contributed by atoms with E-state index in [2.05, 4.69) is 31.0 Å². The summed E-state index contributed by atoms with van der Waals surface area (Å²) in [6, 6.07) is 0. The lowest BCUT2D eigenvalue weighted by atomic mass is 10.0. The molecule has 0 aromatic heterocycles. The number of amides is 1. The van der Waals surface area contributed by atoms with Crippen molar-refractivity contribution in [1.82, 2.24) is 10.2 Å². The number of hydrogen-bond donors (Lipinski definition) is 1. The summed E-state index contributed by atoms with van der Waals surface area (Å²) in [4.78, 5) is 27.4. The van der Waals surface area contributed by atoms with Crippen LogP contribution in [-0.4, -0.2) is 62.3 Å². The van der Waals surface area contributed by atoms with Crippen LogP contribution in [0.15, 0.2) is 0 Å². The van der Waals surface area contributed by atoms with E-state index in [4.69, 9.17) is 9.47 Å². The molecule has 0 rings (SSSR count). The third-order valence-electron chi connectivity index (χ3n) is 11.0. The first-order valence-corrected chi connectivity index (χ1v) is 24.2. The lowest BCUT2D eigenvalue weighted by Gasteiger charge is -2.22. The Morgan fingerprint density at radius 1 is 0.481 bits per heavy atom. The van der Waals surface area contributed by atoms with Gasteiger partial charge in [0.05, 0.1) is 0 Å². The average Bonchev–Trinajstić information content (AvgIpc) is 3.16. The van der Waals surface area contributed by atoms with Gasteiger partial charge in [0.1, 0.15) is 6.10 Å². The molecule has 0 saturated carbocycles. The lowest BCUT2D eigenvalue weighted by Crippen LogP contribution is -2.33. The molecule has 0 spiro atoms. The van der Waals surface area contributed by atoms with E-state index in [1.807, 2.05) is 13.8 Å². The minimum atomic E-state index is 0.0300. The maximum Gasteiger partial charge on any atom is 0.306 e. The zero-order valence-corrected chi connectivity index (χ0v) is 37.3. The number of ether oxygens (including phenoxy) is 2.